The Morgan fingerprint density at radius 1 is 1.37 bits per heavy atom. The Balaban J connectivity index is 1.95. The first-order chi connectivity index (χ1) is 9.24. The molecular formula is C16H25FN2. The van der Waals surface area contributed by atoms with Crippen molar-refractivity contribution in [2.24, 2.45) is 0 Å². The summed E-state index contributed by atoms with van der Waals surface area (Å²) >= 11 is 0. The molecule has 3 heteroatoms. The van der Waals surface area contributed by atoms with Gasteiger partial charge in [0.1, 0.15) is 5.82 Å². The minimum Gasteiger partial charge on any atom is -0.310 e. The van der Waals surface area contributed by atoms with E-state index in [1.165, 1.54) is 18.9 Å². The van der Waals surface area contributed by atoms with Crippen molar-refractivity contribution in [3.8, 4) is 0 Å². The Morgan fingerprint density at radius 2 is 2.16 bits per heavy atom. The second-order valence-corrected chi connectivity index (χ2v) is 5.31. The smallest absolute Gasteiger partial charge is 0.123 e. The third-order valence-electron chi connectivity index (χ3n) is 3.88. The van der Waals surface area contributed by atoms with E-state index >= 15 is 0 Å². The van der Waals surface area contributed by atoms with Gasteiger partial charge in [-0.25, -0.2) is 4.39 Å². The lowest BCUT2D eigenvalue weighted by molar-refractivity contribution is 0.259. The van der Waals surface area contributed by atoms with Crippen LogP contribution in [0.1, 0.15) is 44.7 Å². The van der Waals surface area contributed by atoms with Crippen LogP contribution in [-0.2, 0) is 0 Å². The molecule has 2 rings (SSSR count). The molecule has 1 saturated carbocycles. The third kappa shape index (κ3) is 4.29. The highest BCUT2D eigenvalue weighted by Crippen LogP contribution is 2.28. The number of hydrogen-bond donors (Lipinski definition) is 1. The second kappa shape index (κ2) is 7.01. The Bertz CT molecular complexity index is 390. The Hall–Kier alpha value is -0.930. The van der Waals surface area contributed by atoms with Gasteiger partial charge in [0.25, 0.3) is 0 Å². The van der Waals surface area contributed by atoms with Gasteiger partial charge in [0, 0.05) is 18.6 Å². The van der Waals surface area contributed by atoms with Gasteiger partial charge in [0.2, 0.25) is 0 Å². The Labute approximate surface area is 116 Å². The lowest BCUT2D eigenvalue weighted by Crippen LogP contribution is -2.31. The van der Waals surface area contributed by atoms with E-state index in [1.807, 2.05) is 6.07 Å². The van der Waals surface area contributed by atoms with Crippen molar-refractivity contribution in [3.63, 3.8) is 0 Å². The molecule has 1 aliphatic rings. The van der Waals surface area contributed by atoms with Gasteiger partial charge >= 0.3 is 0 Å². The van der Waals surface area contributed by atoms with Gasteiger partial charge in [-0.05, 0) is 50.0 Å². The number of benzene rings is 1. The highest BCUT2D eigenvalue weighted by atomic mass is 19.1. The topological polar surface area (TPSA) is 15.3 Å². The van der Waals surface area contributed by atoms with Crippen molar-refractivity contribution < 1.29 is 4.39 Å². The van der Waals surface area contributed by atoms with Crippen LogP contribution in [0.25, 0.3) is 0 Å². The van der Waals surface area contributed by atoms with Crippen LogP contribution in [0.5, 0.6) is 0 Å². The summed E-state index contributed by atoms with van der Waals surface area (Å²) in [6.45, 7) is 7.45. The van der Waals surface area contributed by atoms with Gasteiger partial charge in [-0.15, -0.1) is 0 Å². The van der Waals surface area contributed by atoms with E-state index in [0.717, 1.165) is 37.7 Å². The van der Waals surface area contributed by atoms with Crippen LogP contribution in [0.4, 0.5) is 4.39 Å². The van der Waals surface area contributed by atoms with Crippen LogP contribution >= 0.6 is 0 Å². The zero-order chi connectivity index (χ0) is 13.7. The van der Waals surface area contributed by atoms with Gasteiger partial charge in [-0.1, -0.05) is 26.0 Å². The van der Waals surface area contributed by atoms with E-state index in [1.54, 1.807) is 12.1 Å². The molecule has 1 aromatic rings. The van der Waals surface area contributed by atoms with Crippen LogP contribution in [-0.4, -0.2) is 30.6 Å². The van der Waals surface area contributed by atoms with Crippen molar-refractivity contribution in [1.82, 2.24) is 10.2 Å². The highest BCUT2D eigenvalue weighted by molar-refractivity contribution is 5.20. The molecule has 1 unspecified atom stereocenters. The minimum absolute atomic E-state index is 0.144. The average molecular weight is 264 g/mol. The standard InChI is InChI=1S/C16H25FN2/c1-3-18-16(13-6-5-7-14(17)12-13)10-11-19(4-2)15-8-9-15/h5-7,12,15-16,18H,3-4,8-11H2,1-2H3. The molecule has 0 spiro atoms. The molecule has 1 atom stereocenters. The first-order valence-corrected chi connectivity index (χ1v) is 7.47. The predicted molar refractivity (Wildman–Crippen MR) is 77.7 cm³/mol. The summed E-state index contributed by atoms with van der Waals surface area (Å²) in [6, 6.07) is 8.04. The van der Waals surface area contributed by atoms with Gasteiger partial charge in [0.05, 0.1) is 0 Å². The van der Waals surface area contributed by atoms with Gasteiger partial charge < -0.3 is 10.2 Å². The first-order valence-electron chi connectivity index (χ1n) is 7.47. The lowest BCUT2D eigenvalue weighted by atomic mass is 10.0. The zero-order valence-corrected chi connectivity index (χ0v) is 12.0. The molecule has 1 aromatic carbocycles. The maximum Gasteiger partial charge on any atom is 0.123 e. The molecule has 0 saturated heterocycles. The molecule has 0 aliphatic heterocycles. The monoisotopic (exact) mass is 264 g/mol. The van der Waals surface area contributed by atoms with Gasteiger partial charge in [-0.3, -0.25) is 0 Å². The van der Waals surface area contributed by atoms with E-state index < -0.39 is 0 Å². The highest BCUT2D eigenvalue weighted by Gasteiger charge is 2.27. The summed E-state index contributed by atoms with van der Waals surface area (Å²) in [5.41, 5.74) is 1.06. The van der Waals surface area contributed by atoms with Crippen molar-refractivity contribution in [2.45, 2.75) is 45.2 Å². The average Bonchev–Trinajstić information content (AvgIpc) is 3.23. The molecule has 19 heavy (non-hydrogen) atoms. The quantitative estimate of drug-likeness (QED) is 0.774. The fourth-order valence-electron chi connectivity index (χ4n) is 2.69. The number of nitrogens with zero attached hydrogens (tertiary/aromatic N) is 1. The van der Waals surface area contributed by atoms with E-state index in [0.29, 0.717) is 0 Å². The summed E-state index contributed by atoms with van der Waals surface area (Å²) in [5, 5.41) is 3.47. The SMILES string of the molecule is CCNC(CCN(CC)C1CC1)c1cccc(F)c1. The van der Waals surface area contributed by atoms with Crippen molar-refractivity contribution in [3.05, 3.63) is 35.6 Å². The molecule has 0 aromatic heterocycles. The van der Waals surface area contributed by atoms with E-state index in [-0.39, 0.29) is 11.9 Å². The molecular weight excluding hydrogens is 239 g/mol. The van der Waals surface area contributed by atoms with Crippen molar-refractivity contribution in [2.75, 3.05) is 19.6 Å². The van der Waals surface area contributed by atoms with E-state index in [4.69, 9.17) is 0 Å². The van der Waals surface area contributed by atoms with Crippen molar-refractivity contribution in [1.29, 1.82) is 0 Å². The molecule has 0 heterocycles. The first kappa shape index (κ1) is 14.5. The summed E-state index contributed by atoms with van der Waals surface area (Å²) in [5.74, 6) is -0.144. The van der Waals surface area contributed by atoms with Crippen molar-refractivity contribution >= 4 is 0 Å². The van der Waals surface area contributed by atoms with E-state index in [2.05, 4.69) is 24.1 Å². The van der Waals surface area contributed by atoms with Gasteiger partial charge in [-0.2, -0.15) is 0 Å². The van der Waals surface area contributed by atoms with Crippen LogP contribution in [0.3, 0.4) is 0 Å². The zero-order valence-electron chi connectivity index (χ0n) is 12.0. The molecule has 0 amide bonds. The largest absolute Gasteiger partial charge is 0.310 e. The molecule has 1 fully saturated rings. The molecule has 2 nitrogen and oxygen atoms in total. The third-order valence-corrected chi connectivity index (χ3v) is 3.88. The molecule has 106 valence electrons. The molecule has 1 N–H and O–H groups in total. The van der Waals surface area contributed by atoms with Crippen LogP contribution in [0, 0.1) is 5.82 Å². The fraction of sp³-hybridized carbons (Fsp3) is 0.625. The Morgan fingerprint density at radius 3 is 2.74 bits per heavy atom. The lowest BCUT2D eigenvalue weighted by Gasteiger charge is -2.24. The van der Waals surface area contributed by atoms with E-state index in [9.17, 15) is 4.39 Å². The maximum absolute atomic E-state index is 13.3. The van der Waals surface area contributed by atoms with Crippen LogP contribution in [0.2, 0.25) is 0 Å². The van der Waals surface area contributed by atoms with Gasteiger partial charge in [0.15, 0.2) is 0 Å². The number of nitrogens with one attached hydrogen (secondary N) is 1. The van der Waals surface area contributed by atoms with Crippen LogP contribution < -0.4 is 5.32 Å². The maximum atomic E-state index is 13.3. The number of rotatable bonds is 8. The van der Waals surface area contributed by atoms with Crippen LogP contribution in [0.15, 0.2) is 24.3 Å². The fourth-order valence-corrected chi connectivity index (χ4v) is 2.69. The number of hydrogen-bond acceptors (Lipinski definition) is 2. The summed E-state index contributed by atoms with van der Waals surface area (Å²) in [6.07, 6.45) is 3.74. The summed E-state index contributed by atoms with van der Waals surface area (Å²) in [4.78, 5) is 2.55. The predicted octanol–water partition coefficient (Wildman–Crippen LogP) is 3.35. The molecule has 1 aliphatic carbocycles. The minimum atomic E-state index is -0.144. The Kier molecular flexibility index (Phi) is 5.34. The molecule has 0 bridgehead atoms. The normalized spacial score (nSPS) is 16.8. The molecule has 0 radical (unpaired) electrons. The summed E-state index contributed by atoms with van der Waals surface area (Å²) in [7, 11) is 0. The second-order valence-electron chi connectivity index (χ2n) is 5.31. The summed E-state index contributed by atoms with van der Waals surface area (Å²) < 4.78 is 13.3. The number of halogens is 1.